The number of alkyl halides is 2. The van der Waals surface area contributed by atoms with Gasteiger partial charge in [-0.2, -0.15) is 17.2 Å². The molecule has 0 radical (unpaired) electrons. The molecule has 0 spiro atoms. The Hall–Kier alpha value is -2.68. The van der Waals surface area contributed by atoms with E-state index in [4.69, 9.17) is 28.2 Å². The maximum atomic E-state index is 14.3. The molecule has 0 aromatic carbocycles. The Morgan fingerprint density at radius 2 is 1.28 bits per heavy atom. The summed E-state index contributed by atoms with van der Waals surface area (Å²) >= 11 is 0. The standard InChI is InChI=1S/C39H52F2O11S/c1-25-12-27-6-3-9-36(15-25,17-27)32(42)50-23-35(24-51-33(43)37-10-4-7-28(18-37)13-26(2)16-37)21-48-31(49-22-35)30-14-29-8-5-11-38(19-29,20-30)52-34(44)39(40,41)53(45,46)47/h12-14,25-26,30-31H,3-11,15-24H2,1-2H3,(H,45,46,47). The maximum absolute atomic E-state index is 14.3. The van der Waals surface area contributed by atoms with Crippen LogP contribution in [0.25, 0.3) is 0 Å². The Bertz CT molecular complexity index is 1630. The first-order valence-electron chi connectivity index (χ1n) is 19.2. The van der Waals surface area contributed by atoms with E-state index in [0.717, 1.165) is 44.1 Å². The van der Waals surface area contributed by atoms with Gasteiger partial charge in [-0.3, -0.25) is 14.1 Å². The van der Waals surface area contributed by atoms with Crippen LogP contribution in [0.15, 0.2) is 34.9 Å². The van der Waals surface area contributed by atoms with Gasteiger partial charge in [0.15, 0.2) is 6.29 Å². The average Bonchev–Trinajstić information content (AvgIpc) is 3.08. The molecule has 0 aromatic rings. The van der Waals surface area contributed by atoms with Gasteiger partial charge in [0.25, 0.3) is 0 Å². The molecule has 6 bridgehead atoms. The largest absolute Gasteiger partial charge is 0.465 e. The second kappa shape index (κ2) is 14.1. The van der Waals surface area contributed by atoms with Crippen molar-refractivity contribution >= 4 is 28.0 Å². The van der Waals surface area contributed by atoms with Crippen molar-refractivity contribution in [2.75, 3.05) is 26.4 Å². The lowest BCUT2D eigenvalue weighted by Gasteiger charge is -2.47. The third-order valence-corrected chi connectivity index (χ3v) is 13.7. The zero-order valence-corrected chi connectivity index (χ0v) is 31.5. The number of esters is 3. The second-order valence-corrected chi connectivity index (χ2v) is 19.0. The van der Waals surface area contributed by atoms with Crippen molar-refractivity contribution < 1.29 is 59.8 Å². The third kappa shape index (κ3) is 7.63. The number of halogens is 2. The van der Waals surface area contributed by atoms with Gasteiger partial charge in [-0.05, 0) is 102 Å². The van der Waals surface area contributed by atoms with Gasteiger partial charge >= 0.3 is 33.3 Å². The van der Waals surface area contributed by atoms with Crippen LogP contribution in [0.3, 0.4) is 0 Å². The Balaban J connectivity index is 1.06. The summed E-state index contributed by atoms with van der Waals surface area (Å²) in [5, 5.41) is -5.11. The van der Waals surface area contributed by atoms with E-state index >= 15 is 0 Å². The molecule has 3 saturated carbocycles. The zero-order valence-electron chi connectivity index (χ0n) is 30.7. The highest BCUT2D eigenvalue weighted by molar-refractivity contribution is 7.87. The lowest BCUT2D eigenvalue weighted by Crippen LogP contribution is -2.54. The van der Waals surface area contributed by atoms with E-state index in [2.05, 4.69) is 26.0 Å². The molecule has 53 heavy (non-hydrogen) atoms. The summed E-state index contributed by atoms with van der Waals surface area (Å²) in [4.78, 5) is 40.2. The van der Waals surface area contributed by atoms with Crippen molar-refractivity contribution in [1.29, 1.82) is 0 Å². The van der Waals surface area contributed by atoms with Crippen molar-refractivity contribution in [1.82, 2.24) is 0 Å². The van der Waals surface area contributed by atoms with E-state index in [1.807, 2.05) is 6.08 Å². The highest BCUT2D eigenvalue weighted by Gasteiger charge is 2.58. The molecule has 7 rings (SSSR count). The molecule has 1 saturated heterocycles. The summed E-state index contributed by atoms with van der Waals surface area (Å²) in [5.41, 5.74) is -0.212. The van der Waals surface area contributed by atoms with Crippen LogP contribution >= 0.6 is 0 Å². The molecular weight excluding hydrogens is 714 g/mol. The SMILES string of the molecule is CC1C=C2CCCC(C(=O)OCC3(COC(=O)C45CCCC(=CC(C)C4)C5)COC(C4C=C5CCCC(OC(=O)C(F)(F)S(=O)(=O)O)(C5)C4)OC3)(C2)C1. The smallest absolute Gasteiger partial charge is 0.464 e. The van der Waals surface area contributed by atoms with Gasteiger partial charge in [-0.1, -0.05) is 48.8 Å². The molecule has 0 aromatic heterocycles. The minimum Gasteiger partial charge on any atom is -0.464 e. The second-order valence-electron chi connectivity index (χ2n) is 17.6. The van der Waals surface area contributed by atoms with E-state index in [1.165, 1.54) is 11.1 Å². The summed E-state index contributed by atoms with van der Waals surface area (Å²) < 4.78 is 90.2. The normalized spacial score (nSPS) is 38.4. The summed E-state index contributed by atoms with van der Waals surface area (Å²) in [7, 11) is -6.03. The van der Waals surface area contributed by atoms with Crippen molar-refractivity contribution in [2.45, 2.75) is 127 Å². The van der Waals surface area contributed by atoms with Crippen LogP contribution in [0.4, 0.5) is 8.78 Å². The van der Waals surface area contributed by atoms with Crippen molar-refractivity contribution in [3.63, 3.8) is 0 Å². The van der Waals surface area contributed by atoms with Gasteiger partial charge in [-0.15, -0.1) is 0 Å². The number of hydrogen-bond donors (Lipinski definition) is 1. The van der Waals surface area contributed by atoms with Gasteiger partial charge in [0, 0.05) is 12.3 Å². The highest BCUT2D eigenvalue weighted by Crippen LogP contribution is 2.51. The van der Waals surface area contributed by atoms with E-state index in [9.17, 15) is 31.6 Å². The van der Waals surface area contributed by atoms with Crippen LogP contribution in [0.5, 0.6) is 0 Å². The van der Waals surface area contributed by atoms with Crippen LogP contribution in [0, 0.1) is 34.0 Å². The lowest BCUT2D eigenvalue weighted by atomic mass is 9.63. The van der Waals surface area contributed by atoms with Crippen LogP contribution < -0.4 is 0 Å². The van der Waals surface area contributed by atoms with Crippen LogP contribution in [-0.2, 0) is 48.2 Å². The molecule has 7 aliphatic rings. The molecule has 14 heteroatoms. The minimum absolute atomic E-state index is 0.00856. The molecule has 6 unspecified atom stereocenters. The Morgan fingerprint density at radius 3 is 1.79 bits per heavy atom. The third-order valence-electron chi connectivity index (χ3n) is 12.9. The molecule has 11 nitrogen and oxygen atoms in total. The fourth-order valence-corrected chi connectivity index (χ4v) is 10.9. The number of carbonyl (C=O) groups excluding carboxylic acids is 3. The fourth-order valence-electron chi connectivity index (χ4n) is 10.6. The molecule has 1 N–H and O–H groups in total. The first-order valence-corrected chi connectivity index (χ1v) is 20.6. The molecule has 6 aliphatic carbocycles. The maximum Gasteiger partial charge on any atom is 0.465 e. The summed E-state index contributed by atoms with van der Waals surface area (Å²) in [5.74, 6) is -2.87. The van der Waals surface area contributed by atoms with Gasteiger partial charge in [0.2, 0.25) is 0 Å². The summed E-state index contributed by atoms with van der Waals surface area (Å²) in [6, 6.07) is 0. The predicted octanol–water partition coefficient (Wildman–Crippen LogP) is 6.77. The quantitative estimate of drug-likeness (QED) is 0.109. The van der Waals surface area contributed by atoms with Crippen molar-refractivity contribution in [3.8, 4) is 0 Å². The first-order chi connectivity index (χ1) is 25.0. The monoisotopic (exact) mass is 766 g/mol. The van der Waals surface area contributed by atoms with E-state index < -0.39 is 55.4 Å². The molecule has 4 fully saturated rings. The van der Waals surface area contributed by atoms with Crippen molar-refractivity contribution in [2.24, 2.45) is 34.0 Å². The first kappa shape index (κ1) is 38.6. The van der Waals surface area contributed by atoms with Crippen LogP contribution in [0.2, 0.25) is 0 Å². The zero-order chi connectivity index (χ0) is 37.9. The van der Waals surface area contributed by atoms with Gasteiger partial charge in [-0.25, -0.2) is 4.79 Å². The topological polar surface area (TPSA) is 152 Å². The van der Waals surface area contributed by atoms with Crippen molar-refractivity contribution in [3.05, 3.63) is 34.9 Å². The average molecular weight is 767 g/mol. The summed E-state index contributed by atoms with van der Waals surface area (Å²) in [6.45, 7) is 4.08. The van der Waals surface area contributed by atoms with E-state index in [-0.39, 0.29) is 69.5 Å². The molecule has 0 amide bonds. The van der Waals surface area contributed by atoms with E-state index in [0.29, 0.717) is 38.5 Å². The number of fused-ring (bicyclic) bond motifs is 6. The number of carbonyl (C=O) groups is 3. The Kier molecular flexibility index (Phi) is 10.3. The van der Waals surface area contributed by atoms with Crippen LogP contribution in [-0.4, -0.2) is 74.5 Å². The predicted molar refractivity (Wildman–Crippen MR) is 186 cm³/mol. The summed E-state index contributed by atoms with van der Waals surface area (Å²) in [6.07, 6.45) is 15.2. The molecule has 1 aliphatic heterocycles. The minimum atomic E-state index is -6.03. The number of allylic oxidation sites excluding steroid dienone is 4. The van der Waals surface area contributed by atoms with Gasteiger partial charge in [0.05, 0.1) is 29.5 Å². The molecule has 6 atom stereocenters. The number of hydrogen-bond acceptors (Lipinski definition) is 10. The molecular formula is C39H52F2O11S. The Morgan fingerprint density at radius 1 is 0.792 bits per heavy atom. The van der Waals surface area contributed by atoms with Crippen LogP contribution in [0.1, 0.15) is 110 Å². The number of rotatable bonds is 10. The molecule has 294 valence electrons. The Labute approximate surface area is 310 Å². The van der Waals surface area contributed by atoms with E-state index in [1.54, 1.807) is 0 Å². The number of ether oxygens (including phenoxy) is 5. The highest BCUT2D eigenvalue weighted by atomic mass is 32.2. The van der Waals surface area contributed by atoms with Gasteiger partial charge in [0.1, 0.15) is 18.8 Å². The lowest BCUT2D eigenvalue weighted by molar-refractivity contribution is -0.267. The fraction of sp³-hybridized carbons (Fsp3) is 0.769. The van der Waals surface area contributed by atoms with Gasteiger partial charge < -0.3 is 23.7 Å². The molecule has 1 heterocycles.